The van der Waals surface area contributed by atoms with E-state index in [4.69, 9.17) is 5.11 Å². The number of aliphatic hydroxyl groups excluding tert-OH is 1. The van der Waals surface area contributed by atoms with Gasteiger partial charge in [-0.15, -0.1) is 0 Å². The van der Waals surface area contributed by atoms with E-state index in [1.165, 1.54) is 6.20 Å². The minimum absolute atomic E-state index is 0.167. The number of nitrogens with zero attached hydrogens (tertiary/aromatic N) is 3. The van der Waals surface area contributed by atoms with Gasteiger partial charge in [0.05, 0.1) is 17.3 Å². The van der Waals surface area contributed by atoms with Crippen molar-refractivity contribution in [3.63, 3.8) is 0 Å². The van der Waals surface area contributed by atoms with Crippen molar-refractivity contribution < 1.29 is 9.90 Å². The summed E-state index contributed by atoms with van der Waals surface area (Å²) in [6.45, 7) is 0.167. The summed E-state index contributed by atoms with van der Waals surface area (Å²) < 4.78 is 1.57. The van der Waals surface area contributed by atoms with E-state index in [-0.39, 0.29) is 12.5 Å². The van der Waals surface area contributed by atoms with Gasteiger partial charge in [0.2, 0.25) is 0 Å². The summed E-state index contributed by atoms with van der Waals surface area (Å²) in [5.41, 5.74) is 2.44. The summed E-state index contributed by atoms with van der Waals surface area (Å²) in [5.74, 6) is 0.240. The number of aryl methyl sites for hydroxylation is 2. The van der Waals surface area contributed by atoms with Crippen molar-refractivity contribution in [1.29, 1.82) is 0 Å². The van der Waals surface area contributed by atoms with E-state index in [0.29, 0.717) is 17.8 Å². The van der Waals surface area contributed by atoms with Gasteiger partial charge >= 0.3 is 0 Å². The first-order valence-electron chi connectivity index (χ1n) is 7.04. The molecule has 3 rings (SSSR count). The van der Waals surface area contributed by atoms with Crippen LogP contribution in [0.4, 0.5) is 5.82 Å². The maximum atomic E-state index is 12.1. The van der Waals surface area contributed by atoms with Gasteiger partial charge in [-0.3, -0.25) is 9.48 Å². The summed E-state index contributed by atoms with van der Waals surface area (Å²) in [4.78, 5) is 19.6. The molecule has 0 saturated heterocycles. The molecule has 0 unspecified atom stereocenters. The first kappa shape index (κ1) is 14.3. The van der Waals surface area contributed by atoms with Gasteiger partial charge < -0.3 is 15.4 Å². The van der Waals surface area contributed by atoms with Crippen LogP contribution >= 0.6 is 0 Å². The number of hydrogen-bond acceptors (Lipinski definition) is 4. The largest absolute Gasteiger partial charge is 0.396 e. The predicted molar refractivity (Wildman–Crippen MR) is 82.7 cm³/mol. The number of aromatic nitrogens is 4. The zero-order valence-corrected chi connectivity index (χ0v) is 12.2. The molecule has 0 atom stereocenters. The monoisotopic (exact) mass is 299 g/mol. The lowest BCUT2D eigenvalue weighted by Crippen LogP contribution is -2.12. The summed E-state index contributed by atoms with van der Waals surface area (Å²) in [6, 6.07) is 3.80. The number of aliphatic hydroxyl groups is 1. The second kappa shape index (κ2) is 5.98. The highest BCUT2D eigenvalue weighted by molar-refractivity contribution is 6.04. The molecule has 0 radical (unpaired) electrons. The quantitative estimate of drug-likeness (QED) is 0.665. The second-order valence-electron chi connectivity index (χ2n) is 5.14. The lowest BCUT2D eigenvalue weighted by Gasteiger charge is -2.02. The Kier molecular flexibility index (Phi) is 3.88. The highest BCUT2D eigenvalue weighted by atomic mass is 16.2. The molecule has 0 aliphatic heterocycles. The summed E-state index contributed by atoms with van der Waals surface area (Å²) in [6.07, 6.45) is 6.37. The predicted octanol–water partition coefficient (Wildman–Crippen LogP) is 1.47. The van der Waals surface area contributed by atoms with E-state index < -0.39 is 0 Å². The SMILES string of the molecule is Cn1cc(C(=O)Nc2cc3[nH]c(CCCO)cc3cn2)cn1. The number of H-pyrrole nitrogens is 1. The molecule has 0 aliphatic carbocycles. The molecule has 3 aromatic heterocycles. The number of rotatable bonds is 5. The number of pyridine rings is 1. The maximum Gasteiger partial charge on any atom is 0.260 e. The van der Waals surface area contributed by atoms with E-state index in [1.54, 1.807) is 30.2 Å². The molecule has 3 N–H and O–H groups in total. The van der Waals surface area contributed by atoms with Gasteiger partial charge in [-0.05, 0) is 18.9 Å². The van der Waals surface area contributed by atoms with Crippen LogP contribution in [0, 0.1) is 0 Å². The van der Waals surface area contributed by atoms with Crippen LogP contribution in [0.25, 0.3) is 10.9 Å². The van der Waals surface area contributed by atoms with Crippen molar-refractivity contribution in [3.05, 3.63) is 42.0 Å². The van der Waals surface area contributed by atoms with Gasteiger partial charge in [-0.25, -0.2) is 4.98 Å². The third-order valence-corrected chi connectivity index (χ3v) is 3.37. The standard InChI is InChI=1S/C15H17N5O2/c1-20-9-11(8-17-20)15(22)19-14-6-13-10(7-16-14)5-12(18-13)3-2-4-21/h5-9,18,21H,2-4H2,1H3,(H,16,19,22). The molecular weight excluding hydrogens is 282 g/mol. The Balaban J connectivity index is 1.78. The van der Waals surface area contributed by atoms with Crippen molar-refractivity contribution >= 4 is 22.6 Å². The van der Waals surface area contributed by atoms with Crippen molar-refractivity contribution in [3.8, 4) is 0 Å². The first-order valence-corrected chi connectivity index (χ1v) is 7.04. The lowest BCUT2D eigenvalue weighted by atomic mass is 10.2. The number of aromatic amines is 1. The highest BCUT2D eigenvalue weighted by Gasteiger charge is 2.10. The highest BCUT2D eigenvalue weighted by Crippen LogP contribution is 2.18. The second-order valence-corrected chi connectivity index (χ2v) is 5.14. The zero-order valence-electron chi connectivity index (χ0n) is 12.2. The Morgan fingerprint density at radius 1 is 1.41 bits per heavy atom. The molecule has 114 valence electrons. The number of carbonyl (C=O) groups is 1. The average Bonchev–Trinajstić information content (AvgIpc) is 3.10. The smallest absolute Gasteiger partial charge is 0.260 e. The molecule has 3 heterocycles. The third-order valence-electron chi connectivity index (χ3n) is 3.37. The Labute approximate surface area is 127 Å². The van der Waals surface area contributed by atoms with Gasteiger partial charge in [-0.1, -0.05) is 0 Å². The fraction of sp³-hybridized carbons (Fsp3) is 0.267. The normalized spacial score (nSPS) is 11.0. The molecule has 7 heteroatoms. The Morgan fingerprint density at radius 2 is 2.27 bits per heavy atom. The number of amides is 1. The van der Waals surface area contributed by atoms with Crippen molar-refractivity contribution in [1.82, 2.24) is 19.7 Å². The van der Waals surface area contributed by atoms with E-state index in [2.05, 4.69) is 20.4 Å². The maximum absolute atomic E-state index is 12.1. The van der Waals surface area contributed by atoms with Crippen LogP contribution < -0.4 is 5.32 Å². The molecule has 0 saturated carbocycles. The van der Waals surface area contributed by atoms with Crippen LogP contribution in [0.3, 0.4) is 0 Å². The number of anilines is 1. The number of carbonyl (C=O) groups excluding carboxylic acids is 1. The van der Waals surface area contributed by atoms with E-state index >= 15 is 0 Å². The lowest BCUT2D eigenvalue weighted by molar-refractivity contribution is 0.102. The van der Waals surface area contributed by atoms with Gasteiger partial charge in [0.1, 0.15) is 5.82 Å². The fourth-order valence-corrected chi connectivity index (χ4v) is 2.29. The molecule has 0 aromatic carbocycles. The summed E-state index contributed by atoms with van der Waals surface area (Å²) in [5, 5.41) is 16.6. The van der Waals surface area contributed by atoms with E-state index in [9.17, 15) is 4.79 Å². The third kappa shape index (κ3) is 2.99. The minimum Gasteiger partial charge on any atom is -0.396 e. The Hall–Kier alpha value is -2.67. The molecule has 1 amide bonds. The Bertz CT molecular complexity index is 805. The molecule has 0 spiro atoms. The minimum atomic E-state index is -0.244. The van der Waals surface area contributed by atoms with Crippen LogP contribution in [0.5, 0.6) is 0 Å². The van der Waals surface area contributed by atoms with Gasteiger partial charge in [-0.2, -0.15) is 5.10 Å². The van der Waals surface area contributed by atoms with Crippen molar-refractivity contribution in [2.24, 2.45) is 7.05 Å². The van der Waals surface area contributed by atoms with Crippen molar-refractivity contribution in [2.75, 3.05) is 11.9 Å². The van der Waals surface area contributed by atoms with Gasteiger partial charge in [0.25, 0.3) is 5.91 Å². The van der Waals surface area contributed by atoms with Crippen LogP contribution in [0.1, 0.15) is 22.5 Å². The molecule has 3 aromatic rings. The number of hydrogen-bond donors (Lipinski definition) is 3. The molecule has 0 fully saturated rings. The fourth-order valence-electron chi connectivity index (χ4n) is 2.29. The zero-order chi connectivity index (χ0) is 15.5. The van der Waals surface area contributed by atoms with Crippen LogP contribution in [-0.2, 0) is 13.5 Å². The Morgan fingerprint density at radius 3 is 3.00 bits per heavy atom. The molecule has 7 nitrogen and oxygen atoms in total. The molecule has 22 heavy (non-hydrogen) atoms. The van der Waals surface area contributed by atoms with E-state index in [1.807, 2.05) is 6.07 Å². The average molecular weight is 299 g/mol. The van der Waals surface area contributed by atoms with E-state index in [0.717, 1.165) is 23.0 Å². The number of fused-ring (bicyclic) bond motifs is 1. The van der Waals surface area contributed by atoms with Gasteiger partial charge in [0.15, 0.2) is 0 Å². The van der Waals surface area contributed by atoms with Crippen molar-refractivity contribution in [2.45, 2.75) is 12.8 Å². The number of nitrogens with one attached hydrogen (secondary N) is 2. The van der Waals surface area contributed by atoms with Crippen LogP contribution in [0.15, 0.2) is 30.7 Å². The summed E-state index contributed by atoms with van der Waals surface area (Å²) in [7, 11) is 1.76. The molecule has 0 aliphatic rings. The summed E-state index contributed by atoms with van der Waals surface area (Å²) >= 11 is 0. The van der Waals surface area contributed by atoms with Gasteiger partial charge in [0, 0.05) is 43.2 Å². The molecule has 0 bridgehead atoms. The molecular formula is C15H17N5O2. The van der Waals surface area contributed by atoms with Crippen LogP contribution in [0.2, 0.25) is 0 Å². The van der Waals surface area contributed by atoms with Crippen LogP contribution in [-0.4, -0.2) is 37.4 Å². The first-order chi connectivity index (χ1) is 10.7. The topological polar surface area (TPSA) is 95.8 Å².